The fraction of sp³-hybridized carbons (Fsp3) is 0.364. The second kappa shape index (κ2) is 6.94. The van der Waals surface area contributed by atoms with Crippen LogP contribution in [0.3, 0.4) is 0 Å². The van der Waals surface area contributed by atoms with Crippen molar-refractivity contribution >= 4 is 17.4 Å². The molecule has 134 valence electrons. The van der Waals surface area contributed by atoms with Crippen molar-refractivity contribution in [3.05, 3.63) is 59.7 Å². The molecule has 0 spiro atoms. The summed E-state index contributed by atoms with van der Waals surface area (Å²) in [6.45, 7) is 0.481. The van der Waals surface area contributed by atoms with E-state index in [2.05, 4.69) is 12.1 Å². The van der Waals surface area contributed by atoms with Crippen LogP contribution in [0, 0.1) is 5.92 Å². The molecule has 4 rings (SSSR count). The quantitative estimate of drug-likeness (QED) is 0.813. The minimum atomic E-state index is 0.109. The van der Waals surface area contributed by atoms with E-state index < -0.39 is 0 Å². The zero-order valence-electron chi connectivity index (χ0n) is 15.0. The molecule has 0 radical (unpaired) electrons. The van der Waals surface area contributed by atoms with Crippen LogP contribution in [0.15, 0.2) is 48.5 Å². The Morgan fingerprint density at radius 1 is 1.15 bits per heavy atom. The second-order valence-electron chi connectivity index (χ2n) is 7.16. The molecule has 1 unspecified atom stereocenters. The fourth-order valence-electron chi connectivity index (χ4n) is 3.88. The average molecular weight is 349 g/mol. The molecule has 2 aromatic carbocycles. The van der Waals surface area contributed by atoms with Crippen LogP contribution in [0.4, 0.5) is 5.69 Å². The molecule has 0 saturated heterocycles. The third kappa shape index (κ3) is 3.24. The van der Waals surface area contributed by atoms with Gasteiger partial charge in [-0.1, -0.05) is 24.3 Å². The van der Waals surface area contributed by atoms with Crippen LogP contribution < -0.4 is 9.64 Å². The molecule has 1 saturated carbocycles. The summed E-state index contributed by atoms with van der Waals surface area (Å²) in [4.78, 5) is 27.0. The van der Waals surface area contributed by atoms with Gasteiger partial charge in [0.05, 0.1) is 12.8 Å². The van der Waals surface area contributed by atoms with Crippen LogP contribution in [0.1, 0.15) is 47.5 Å². The summed E-state index contributed by atoms with van der Waals surface area (Å²) >= 11 is 0. The summed E-state index contributed by atoms with van der Waals surface area (Å²) in [5.74, 6) is 1.88. The van der Waals surface area contributed by atoms with E-state index in [9.17, 15) is 9.59 Å². The Morgan fingerprint density at radius 2 is 1.88 bits per heavy atom. The van der Waals surface area contributed by atoms with Crippen molar-refractivity contribution in [1.82, 2.24) is 0 Å². The van der Waals surface area contributed by atoms with E-state index in [1.165, 1.54) is 18.4 Å². The van der Waals surface area contributed by atoms with Gasteiger partial charge in [-0.3, -0.25) is 9.59 Å². The Bertz CT molecular complexity index is 824. The third-order valence-corrected chi connectivity index (χ3v) is 5.49. The summed E-state index contributed by atoms with van der Waals surface area (Å²) in [6.07, 6.45) is 3.25. The molecule has 2 aliphatic rings. The minimum absolute atomic E-state index is 0.109. The second-order valence-corrected chi connectivity index (χ2v) is 7.16. The van der Waals surface area contributed by atoms with E-state index in [-0.39, 0.29) is 17.6 Å². The fourth-order valence-corrected chi connectivity index (χ4v) is 3.88. The maximum Gasteiger partial charge on any atom is 0.227 e. The number of hydrogen-bond acceptors (Lipinski definition) is 3. The zero-order valence-corrected chi connectivity index (χ0v) is 15.0. The lowest BCUT2D eigenvalue weighted by molar-refractivity contribution is -0.119. The normalized spacial score (nSPS) is 17.6. The molecule has 1 atom stereocenters. The Hall–Kier alpha value is -2.62. The number of ketones is 1. The number of anilines is 1. The number of Topliss-reactive ketones (excluding diaryl/α,β-unsaturated/α-hetero) is 1. The van der Waals surface area contributed by atoms with Crippen molar-refractivity contribution in [2.24, 2.45) is 5.92 Å². The number of benzene rings is 2. The molecule has 1 aliphatic carbocycles. The van der Waals surface area contributed by atoms with E-state index in [0.717, 1.165) is 11.4 Å². The van der Waals surface area contributed by atoms with E-state index in [1.807, 2.05) is 36.4 Å². The van der Waals surface area contributed by atoms with Crippen molar-refractivity contribution in [2.75, 3.05) is 18.6 Å². The molecule has 4 heteroatoms. The lowest BCUT2D eigenvalue weighted by Crippen LogP contribution is -2.38. The molecule has 26 heavy (non-hydrogen) atoms. The van der Waals surface area contributed by atoms with Gasteiger partial charge in [-0.2, -0.15) is 0 Å². The van der Waals surface area contributed by atoms with Gasteiger partial charge < -0.3 is 9.64 Å². The Morgan fingerprint density at radius 3 is 2.58 bits per heavy atom. The van der Waals surface area contributed by atoms with Crippen molar-refractivity contribution in [3.8, 4) is 5.75 Å². The van der Waals surface area contributed by atoms with Gasteiger partial charge in [-0.05, 0) is 54.5 Å². The molecule has 0 bridgehead atoms. The van der Waals surface area contributed by atoms with Gasteiger partial charge in [-0.25, -0.2) is 0 Å². The maximum absolute atomic E-state index is 13.1. The highest BCUT2D eigenvalue weighted by atomic mass is 16.5. The van der Waals surface area contributed by atoms with Crippen LogP contribution >= 0.6 is 0 Å². The highest BCUT2D eigenvalue weighted by Crippen LogP contribution is 2.45. The summed E-state index contributed by atoms with van der Waals surface area (Å²) in [5.41, 5.74) is 2.63. The molecule has 4 nitrogen and oxygen atoms in total. The highest BCUT2D eigenvalue weighted by molar-refractivity contribution is 6.08. The molecule has 1 aliphatic heterocycles. The first-order chi connectivity index (χ1) is 12.7. The number of methoxy groups -OCH3 is 1. The van der Waals surface area contributed by atoms with Crippen LogP contribution in [-0.4, -0.2) is 25.3 Å². The van der Waals surface area contributed by atoms with Gasteiger partial charge in [0.15, 0.2) is 5.78 Å². The molecule has 0 N–H and O–H groups in total. The van der Waals surface area contributed by atoms with E-state index in [4.69, 9.17) is 4.74 Å². The largest absolute Gasteiger partial charge is 0.497 e. The number of nitrogens with zero attached hydrogens (tertiary/aromatic N) is 1. The van der Waals surface area contributed by atoms with E-state index in [1.54, 1.807) is 12.0 Å². The van der Waals surface area contributed by atoms with Crippen molar-refractivity contribution in [1.29, 1.82) is 0 Å². The number of para-hydroxylation sites is 1. The highest BCUT2D eigenvalue weighted by Gasteiger charge is 2.36. The molecular formula is C22H23NO3. The zero-order chi connectivity index (χ0) is 18.1. The molecule has 1 fully saturated rings. The Kier molecular flexibility index (Phi) is 4.49. The number of carbonyl (C=O) groups excluding carboxylic acids is 2. The lowest BCUT2D eigenvalue weighted by atomic mass is 9.89. The summed E-state index contributed by atoms with van der Waals surface area (Å²) in [6, 6.07) is 15.5. The summed E-state index contributed by atoms with van der Waals surface area (Å²) in [7, 11) is 1.66. The first-order valence-electron chi connectivity index (χ1n) is 9.24. The van der Waals surface area contributed by atoms with E-state index >= 15 is 0 Å². The SMILES string of the molecule is COc1ccc(C(CC(=O)N2CCC(=O)c3ccccc32)C2CC2)cc1. The van der Waals surface area contributed by atoms with Crippen LogP contribution in [0.5, 0.6) is 5.75 Å². The van der Waals surface area contributed by atoms with Crippen LogP contribution in [-0.2, 0) is 4.79 Å². The predicted octanol–water partition coefficient (Wildman–Crippen LogP) is 4.20. The number of carbonyl (C=O) groups is 2. The monoisotopic (exact) mass is 349 g/mol. The van der Waals surface area contributed by atoms with Crippen LogP contribution in [0.25, 0.3) is 0 Å². The minimum Gasteiger partial charge on any atom is -0.497 e. The third-order valence-electron chi connectivity index (χ3n) is 5.49. The first-order valence-corrected chi connectivity index (χ1v) is 9.24. The summed E-state index contributed by atoms with van der Waals surface area (Å²) < 4.78 is 5.24. The molecule has 1 amide bonds. The average Bonchev–Trinajstić information content (AvgIpc) is 3.52. The predicted molar refractivity (Wildman–Crippen MR) is 101 cm³/mol. The van der Waals surface area contributed by atoms with Crippen LogP contribution in [0.2, 0.25) is 0 Å². The number of amides is 1. The van der Waals surface area contributed by atoms with Gasteiger partial charge in [0.1, 0.15) is 5.75 Å². The summed E-state index contributed by atoms with van der Waals surface area (Å²) in [5, 5.41) is 0. The number of hydrogen-bond donors (Lipinski definition) is 0. The molecular weight excluding hydrogens is 326 g/mol. The van der Waals surface area contributed by atoms with Gasteiger partial charge in [0.2, 0.25) is 5.91 Å². The number of rotatable bonds is 5. The van der Waals surface area contributed by atoms with Gasteiger partial charge in [-0.15, -0.1) is 0 Å². The van der Waals surface area contributed by atoms with Gasteiger partial charge in [0, 0.05) is 24.9 Å². The lowest BCUT2D eigenvalue weighted by Gasteiger charge is -2.30. The number of ether oxygens (including phenoxy) is 1. The Balaban J connectivity index is 1.56. The van der Waals surface area contributed by atoms with Gasteiger partial charge >= 0.3 is 0 Å². The van der Waals surface area contributed by atoms with Gasteiger partial charge in [0.25, 0.3) is 0 Å². The maximum atomic E-state index is 13.1. The number of fused-ring (bicyclic) bond motifs is 1. The Labute approximate surface area is 153 Å². The smallest absolute Gasteiger partial charge is 0.227 e. The van der Waals surface area contributed by atoms with Crippen molar-refractivity contribution in [2.45, 2.75) is 31.6 Å². The first kappa shape index (κ1) is 16.8. The van der Waals surface area contributed by atoms with E-state index in [0.29, 0.717) is 30.9 Å². The molecule has 2 aromatic rings. The molecule has 1 heterocycles. The standard InChI is InChI=1S/C22H23NO3/c1-26-17-10-8-16(9-11-17)19(15-6-7-15)14-22(25)23-13-12-21(24)18-4-2-3-5-20(18)23/h2-5,8-11,15,19H,6-7,12-14H2,1H3. The van der Waals surface area contributed by atoms with Crippen molar-refractivity contribution < 1.29 is 14.3 Å². The van der Waals surface area contributed by atoms with Crippen molar-refractivity contribution in [3.63, 3.8) is 0 Å². The topological polar surface area (TPSA) is 46.6 Å². The molecule has 0 aromatic heterocycles.